The minimum absolute atomic E-state index is 0.0534. The number of amides is 1. The molecule has 0 aromatic heterocycles. The normalized spacial score (nSPS) is 22.8. The van der Waals surface area contributed by atoms with Crippen molar-refractivity contribution in [1.82, 2.24) is 5.32 Å². The van der Waals surface area contributed by atoms with E-state index in [2.05, 4.69) is 21.7 Å². The van der Waals surface area contributed by atoms with Crippen molar-refractivity contribution in [3.05, 3.63) is 29.8 Å². The number of carbonyl (C=O) groups excluding carboxylic acids is 1. The van der Waals surface area contributed by atoms with Crippen molar-refractivity contribution in [1.29, 1.82) is 0 Å². The Hall–Kier alpha value is -2.04. The van der Waals surface area contributed by atoms with Gasteiger partial charge < -0.3 is 16.4 Å². The number of para-hydroxylation sites is 1. The van der Waals surface area contributed by atoms with Crippen LogP contribution in [0.1, 0.15) is 50.0 Å². The molecule has 0 saturated heterocycles. The Morgan fingerprint density at radius 1 is 1.27 bits per heavy atom. The van der Waals surface area contributed by atoms with Crippen molar-refractivity contribution in [2.75, 3.05) is 11.9 Å². The molecule has 1 amide bonds. The van der Waals surface area contributed by atoms with Crippen LogP contribution in [0.3, 0.4) is 0 Å². The Morgan fingerprint density at radius 2 is 2.05 bits per heavy atom. The Morgan fingerprint density at radius 3 is 2.86 bits per heavy atom. The zero-order valence-electron chi connectivity index (χ0n) is 12.8. The number of nitrogens with one attached hydrogen (secondary N) is 2. The van der Waals surface area contributed by atoms with E-state index in [0.717, 1.165) is 11.3 Å². The number of guanidine groups is 1. The lowest BCUT2D eigenvalue weighted by Crippen LogP contribution is -2.41. The van der Waals surface area contributed by atoms with E-state index >= 15 is 0 Å². The molecule has 3 rings (SSSR count). The van der Waals surface area contributed by atoms with Gasteiger partial charge in [-0.25, -0.2) is 0 Å². The summed E-state index contributed by atoms with van der Waals surface area (Å²) < 4.78 is 0. The van der Waals surface area contributed by atoms with Gasteiger partial charge in [-0.1, -0.05) is 37.5 Å². The van der Waals surface area contributed by atoms with Gasteiger partial charge in [0.25, 0.3) is 0 Å². The fourth-order valence-electron chi connectivity index (χ4n) is 3.37. The second kappa shape index (κ2) is 6.81. The molecule has 1 aliphatic heterocycles. The predicted molar refractivity (Wildman–Crippen MR) is 88.9 cm³/mol. The molecule has 1 atom stereocenters. The molecule has 1 fully saturated rings. The highest BCUT2D eigenvalue weighted by atomic mass is 16.1. The maximum Gasteiger partial charge on any atom is 0.225 e. The van der Waals surface area contributed by atoms with E-state index in [9.17, 15) is 4.79 Å². The molecule has 1 aliphatic carbocycles. The number of hydrogen-bond acceptors (Lipinski definition) is 2. The van der Waals surface area contributed by atoms with Gasteiger partial charge in [0.1, 0.15) is 0 Å². The van der Waals surface area contributed by atoms with Crippen molar-refractivity contribution < 1.29 is 4.79 Å². The standard InChI is InChI=1S/C17H24N4O/c18-17(20-13-6-2-1-3-7-13)19-11-12-10-16(22)21-15-9-5-4-8-14(12)15/h4-5,8-9,12-13H,1-3,6-7,10-11H2,(H,21,22)(H3,18,19,20). The molecule has 5 nitrogen and oxygen atoms in total. The summed E-state index contributed by atoms with van der Waals surface area (Å²) >= 11 is 0. The van der Waals surface area contributed by atoms with Crippen LogP contribution in [0.4, 0.5) is 5.69 Å². The monoisotopic (exact) mass is 300 g/mol. The minimum atomic E-state index is 0.0534. The smallest absolute Gasteiger partial charge is 0.225 e. The van der Waals surface area contributed by atoms with E-state index in [0.29, 0.717) is 25.0 Å². The molecule has 1 saturated carbocycles. The topological polar surface area (TPSA) is 79.5 Å². The predicted octanol–water partition coefficient (Wildman–Crippen LogP) is 2.35. The number of benzene rings is 1. The first-order valence-electron chi connectivity index (χ1n) is 8.17. The molecular weight excluding hydrogens is 276 g/mol. The highest BCUT2D eigenvalue weighted by Gasteiger charge is 2.24. The molecule has 118 valence electrons. The lowest BCUT2D eigenvalue weighted by atomic mass is 9.91. The van der Waals surface area contributed by atoms with Gasteiger partial charge in [0, 0.05) is 24.1 Å². The summed E-state index contributed by atoms with van der Waals surface area (Å²) in [6.07, 6.45) is 6.67. The second-order valence-corrected chi connectivity index (χ2v) is 6.24. The molecule has 22 heavy (non-hydrogen) atoms. The summed E-state index contributed by atoms with van der Waals surface area (Å²) in [6.45, 7) is 0.552. The molecule has 0 radical (unpaired) electrons. The van der Waals surface area contributed by atoms with Crippen molar-refractivity contribution in [2.24, 2.45) is 10.7 Å². The first-order valence-corrected chi connectivity index (χ1v) is 8.17. The van der Waals surface area contributed by atoms with Crippen LogP contribution in [-0.2, 0) is 4.79 Å². The average Bonchev–Trinajstić information content (AvgIpc) is 2.53. The van der Waals surface area contributed by atoms with E-state index in [1.54, 1.807) is 0 Å². The van der Waals surface area contributed by atoms with Crippen LogP contribution in [0.25, 0.3) is 0 Å². The number of hydrogen-bond donors (Lipinski definition) is 3. The lowest BCUT2D eigenvalue weighted by Gasteiger charge is -2.25. The molecule has 0 spiro atoms. The molecule has 5 heteroatoms. The first-order chi connectivity index (χ1) is 10.7. The van der Waals surface area contributed by atoms with Gasteiger partial charge in [-0.15, -0.1) is 0 Å². The van der Waals surface area contributed by atoms with Gasteiger partial charge in [0.05, 0.1) is 6.54 Å². The number of nitrogens with zero attached hydrogens (tertiary/aromatic N) is 1. The molecule has 1 aromatic carbocycles. The first kappa shape index (κ1) is 14.9. The number of nitrogens with two attached hydrogens (primary N) is 1. The maximum atomic E-state index is 11.8. The Balaban J connectivity index is 1.62. The quantitative estimate of drug-likeness (QED) is 0.592. The lowest BCUT2D eigenvalue weighted by molar-refractivity contribution is -0.116. The second-order valence-electron chi connectivity index (χ2n) is 6.24. The molecular formula is C17H24N4O. The molecule has 4 N–H and O–H groups in total. The summed E-state index contributed by atoms with van der Waals surface area (Å²) in [5, 5.41) is 6.23. The third-order valence-corrected chi connectivity index (χ3v) is 4.55. The Kier molecular flexibility index (Phi) is 4.61. The van der Waals surface area contributed by atoms with Crippen LogP contribution in [0.2, 0.25) is 0 Å². The largest absolute Gasteiger partial charge is 0.370 e. The van der Waals surface area contributed by atoms with Crippen molar-refractivity contribution in [2.45, 2.75) is 50.5 Å². The molecule has 1 heterocycles. The Labute approximate surface area is 131 Å². The number of fused-ring (bicyclic) bond motifs is 1. The van der Waals surface area contributed by atoms with Gasteiger partial charge in [-0.05, 0) is 24.5 Å². The number of rotatable bonds is 3. The average molecular weight is 300 g/mol. The zero-order chi connectivity index (χ0) is 15.4. The van der Waals surface area contributed by atoms with Crippen LogP contribution in [0.5, 0.6) is 0 Å². The van der Waals surface area contributed by atoms with Gasteiger partial charge >= 0.3 is 0 Å². The fraction of sp³-hybridized carbons (Fsp3) is 0.529. The van der Waals surface area contributed by atoms with E-state index < -0.39 is 0 Å². The Bertz CT molecular complexity index is 564. The van der Waals surface area contributed by atoms with Crippen molar-refractivity contribution in [3.8, 4) is 0 Å². The van der Waals surface area contributed by atoms with Crippen LogP contribution in [-0.4, -0.2) is 24.5 Å². The maximum absolute atomic E-state index is 11.8. The summed E-state index contributed by atoms with van der Waals surface area (Å²) in [5.41, 5.74) is 8.06. The molecule has 1 aromatic rings. The van der Waals surface area contributed by atoms with Crippen molar-refractivity contribution >= 4 is 17.6 Å². The highest BCUT2D eigenvalue weighted by Crippen LogP contribution is 2.31. The molecule has 1 unspecified atom stereocenters. The summed E-state index contributed by atoms with van der Waals surface area (Å²) in [7, 11) is 0. The SMILES string of the molecule is NC(=NCC1CC(=O)Nc2ccccc21)NC1CCCCC1. The van der Waals surface area contributed by atoms with Gasteiger partial charge in [-0.3, -0.25) is 9.79 Å². The van der Waals surface area contributed by atoms with Gasteiger partial charge in [0.2, 0.25) is 5.91 Å². The van der Waals surface area contributed by atoms with Crippen molar-refractivity contribution in [3.63, 3.8) is 0 Å². The van der Waals surface area contributed by atoms with E-state index in [1.807, 2.05) is 18.2 Å². The third kappa shape index (κ3) is 3.59. The van der Waals surface area contributed by atoms with Crippen LogP contribution < -0.4 is 16.4 Å². The summed E-state index contributed by atoms with van der Waals surface area (Å²) in [6, 6.07) is 8.38. The molecule has 0 bridgehead atoms. The highest BCUT2D eigenvalue weighted by molar-refractivity contribution is 5.94. The number of aliphatic imine (C=N–C) groups is 1. The number of carbonyl (C=O) groups is 1. The zero-order valence-corrected chi connectivity index (χ0v) is 12.8. The third-order valence-electron chi connectivity index (χ3n) is 4.55. The summed E-state index contributed by atoms with van der Waals surface area (Å²) in [5.74, 6) is 0.671. The van der Waals surface area contributed by atoms with Crippen LogP contribution >= 0.6 is 0 Å². The van der Waals surface area contributed by atoms with Gasteiger partial charge in [-0.2, -0.15) is 0 Å². The van der Waals surface area contributed by atoms with Crippen LogP contribution in [0, 0.1) is 0 Å². The van der Waals surface area contributed by atoms with E-state index in [4.69, 9.17) is 5.73 Å². The minimum Gasteiger partial charge on any atom is -0.370 e. The molecule has 2 aliphatic rings. The van der Waals surface area contributed by atoms with Gasteiger partial charge in [0.15, 0.2) is 5.96 Å². The van der Waals surface area contributed by atoms with Crippen LogP contribution in [0.15, 0.2) is 29.3 Å². The van der Waals surface area contributed by atoms with E-state index in [-0.39, 0.29) is 11.8 Å². The summed E-state index contributed by atoms with van der Waals surface area (Å²) in [4.78, 5) is 16.3. The fourth-order valence-corrected chi connectivity index (χ4v) is 3.37. The number of anilines is 1. The van der Waals surface area contributed by atoms with E-state index in [1.165, 1.54) is 32.1 Å².